The second-order valence-electron chi connectivity index (χ2n) is 11.0. The van der Waals surface area contributed by atoms with Gasteiger partial charge in [-0.05, 0) is 52.1 Å². The molecule has 49 heavy (non-hydrogen) atoms. The van der Waals surface area contributed by atoms with Crippen LogP contribution < -0.4 is 40.2 Å². The van der Waals surface area contributed by atoms with E-state index in [1.165, 1.54) is 35.0 Å². The summed E-state index contributed by atoms with van der Waals surface area (Å²) in [4.78, 5) is 43.8. The van der Waals surface area contributed by atoms with Crippen molar-refractivity contribution in [1.82, 2.24) is 24.6 Å². The third kappa shape index (κ3) is 9.91. The van der Waals surface area contributed by atoms with Crippen molar-refractivity contribution < 1.29 is 61.8 Å². The Morgan fingerprint density at radius 1 is 0.980 bits per heavy atom. The molecule has 1 atom stereocenters. The number of carbonyl (C=O) groups is 2. The molecule has 2 aromatic heterocycles. The molecule has 0 aliphatic carbocycles. The number of H-pyrrole nitrogens is 1. The number of nitrogens with one attached hydrogen (secondary N) is 1. The van der Waals surface area contributed by atoms with Crippen LogP contribution in [0.5, 0.6) is 0 Å². The van der Waals surface area contributed by atoms with Gasteiger partial charge in [0.25, 0.3) is 5.56 Å². The number of hydrogen-bond donors (Lipinski definition) is 1. The first-order valence-electron chi connectivity index (χ1n) is 14.6. The van der Waals surface area contributed by atoms with Crippen LogP contribution in [-0.4, -0.2) is 43.1 Å². The number of halogens is 4. The number of alkyl halides is 3. The van der Waals surface area contributed by atoms with Crippen LogP contribution in [0.4, 0.5) is 17.6 Å². The first kappa shape index (κ1) is 37.6. The second-order valence-corrected chi connectivity index (χ2v) is 11.9. The van der Waals surface area contributed by atoms with Crippen molar-refractivity contribution in [2.45, 2.75) is 43.0 Å². The molecule has 2 heterocycles. The fraction of sp³-hybridized carbons (Fsp3) is 0.206. The largest absolute Gasteiger partial charge is 1.00 e. The van der Waals surface area contributed by atoms with Crippen molar-refractivity contribution in [1.29, 1.82) is 0 Å². The second kappa shape index (κ2) is 16.4. The van der Waals surface area contributed by atoms with E-state index < -0.39 is 47.5 Å². The van der Waals surface area contributed by atoms with Gasteiger partial charge in [0, 0.05) is 36.2 Å². The molecule has 0 bridgehead atoms. The molecule has 0 radical (unpaired) electrons. The summed E-state index contributed by atoms with van der Waals surface area (Å²) in [6.07, 6.45) is 0.279. The van der Waals surface area contributed by atoms with E-state index in [0.29, 0.717) is 28.0 Å². The summed E-state index contributed by atoms with van der Waals surface area (Å²) in [5, 5.41) is 18.5. The van der Waals surface area contributed by atoms with Gasteiger partial charge in [0.05, 0.1) is 24.3 Å². The zero-order valence-electron chi connectivity index (χ0n) is 26.4. The molecule has 5 aromatic rings. The van der Waals surface area contributed by atoms with E-state index in [0.717, 1.165) is 39.9 Å². The Bertz CT molecular complexity index is 1940. The van der Waals surface area contributed by atoms with E-state index in [9.17, 15) is 37.1 Å². The number of aromatic amines is 1. The van der Waals surface area contributed by atoms with Gasteiger partial charge >= 0.3 is 35.7 Å². The van der Waals surface area contributed by atoms with Gasteiger partial charge in [0.1, 0.15) is 12.4 Å². The number of rotatable bonds is 12. The molecule has 0 spiro atoms. The predicted octanol–water partition coefficient (Wildman–Crippen LogP) is 2.02. The first-order chi connectivity index (χ1) is 22.9. The third-order valence-electron chi connectivity index (χ3n) is 7.60. The number of carbonyl (C=O) groups excluding carboxylic acids is 2. The maximum atomic E-state index is 13.7. The first-order valence-corrected chi connectivity index (χ1v) is 15.6. The monoisotopic (exact) mass is 701 g/mol. The maximum Gasteiger partial charge on any atom is 1.00 e. The Kier molecular flexibility index (Phi) is 12.6. The minimum Gasteiger partial charge on any atom is -0.548 e. The number of nitrogens with zero attached hydrogens (tertiary/aromatic N) is 4. The van der Waals surface area contributed by atoms with Crippen molar-refractivity contribution in [2.75, 3.05) is 6.54 Å². The number of hydrogen-bond acceptors (Lipinski definition) is 7. The minimum atomic E-state index is -4.45. The van der Waals surface area contributed by atoms with Crippen LogP contribution in [0.1, 0.15) is 40.7 Å². The quantitative estimate of drug-likeness (QED) is 0.0915. The average Bonchev–Trinajstić information content (AvgIpc) is 3.60. The Balaban J connectivity index is 0.00000541. The third-order valence-corrected chi connectivity index (χ3v) is 8.66. The van der Waals surface area contributed by atoms with Gasteiger partial charge in [0.15, 0.2) is 5.16 Å². The summed E-state index contributed by atoms with van der Waals surface area (Å²) >= 11 is 1.16. The van der Waals surface area contributed by atoms with E-state index in [4.69, 9.17) is 0 Å². The van der Waals surface area contributed by atoms with E-state index in [2.05, 4.69) is 15.2 Å². The molecule has 9 nitrogen and oxygen atoms in total. The van der Waals surface area contributed by atoms with Gasteiger partial charge in [-0.25, -0.2) is 4.39 Å². The van der Waals surface area contributed by atoms with Gasteiger partial charge in [-0.3, -0.25) is 14.7 Å². The van der Waals surface area contributed by atoms with Gasteiger partial charge in [-0.2, -0.15) is 23.3 Å². The zero-order valence-corrected chi connectivity index (χ0v) is 29.2. The molecule has 1 amide bonds. The number of carboxylic acid groups (broad SMARTS) is 1. The van der Waals surface area contributed by atoms with Crippen LogP contribution >= 0.6 is 11.8 Å². The van der Waals surface area contributed by atoms with Crippen molar-refractivity contribution in [2.24, 2.45) is 0 Å². The number of aliphatic carboxylic acids is 1. The number of amides is 1. The fourth-order valence-electron chi connectivity index (χ4n) is 4.93. The smallest absolute Gasteiger partial charge is 0.548 e. The Labute approximate surface area is 304 Å². The SMILES string of the molecule is CC(c1cn[nH]c1)c1cn(CC(=O)N(CC(=O)[O-])Cc2ccc(-c3ccc(C(F)(F)F)cc3)cc2)c(SCc2ccc(F)cc2)nc1=O.[Na+]. The van der Waals surface area contributed by atoms with Gasteiger partial charge in [-0.1, -0.05) is 67.2 Å². The van der Waals surface area contributed by atoms with Crippen LogP contribution in [0, 0.1) is 5.82 Å². The molecule has 15 heteroatoms. The Morgan fingerprint density at radius 3 is 2.16 bits per heavy atom. The molecule has 5 rings (SSSR count). The maximum absolute atomic E-state index is 13.7. The van der Waals surface area contributed by atoms with Gasteiger partial charge < -0.3 is 19.4 Å². The van der Waals surface area contributed by atoms with Gasteiger partial charge in [-0.15, -0.1) is 0 Å². The van der Waals surface area contributed by atoms with E-state index >= 15 is 0 Å². The summed E-state index contributed by atoms with van der Waals surface area (Å²) in [6.45, 7) is 0.603. The van der Waals surface area contributed by atoms with Gasteiger partial charge in [0.2, 0.25) is 5.91 Å². The topological polar surface area (TPSA) is 124 Å². The number of aromatic nitrogens is 4. The fourth-order valence-corrected chi connectivity index (χ4v) is 5.85. The summed E-state index contributed by atoms with van der Waals surface area (Å²) in [5.41, 5.74) is 2.24. The number of carboxylic acids is 1. The van der Waals surface area contributed by atoms with Crippen molar-refractivity contribution >= 4 is 23.6 Å². The molecular weight excluding hydrogens is 673 g/mol. The number of thioether (sulfide) groups is 1. The van der Waals surface area contributed by atoms with Crippen molar-refractivity contribution in [3.05, 3.63) is 135 Å². The number of benzene rings is 3. The molecule has 1 unspecified atom stereocenters. The Hall–Kier alpha value is -4.24. The van der Waals surface area contributed by atoms with E-state index in [1.54, 1.807) is 55.7 Å². The summed E-state index contributed by atoms with van der Waals surface area (Å²) in [6, 6.07) is 17.1. The molecule has 0 saturated carbocycles. The van der Waals surface area contributed by atoms with Crippen LogP contribution in [0.15, 0.2) is 101 Å². The average molecular weight is 702 g/mol. The van der Waals surface area contributed by atoms with Crippen molar-refractivity contribution in [3.8, 4) is 11.1 Å². The normalized spacial score (nSPS) is 11.9. The summed E-state index contributed by atoms with van der Waals surface area (Å²) in [7, 11) is 0. The van der Waals surface area contributed by atoms with E-state index in [1.807, 2.05) is 0 Å². The standard InChI is InChI=1S/C34H29F4N5O4S.Na/c1-21(26-14-39-40-15-26)29-17-43(33(41-32(29)47)48-20-23-4-12-28(35)13-5-23)18-30(44)42(19-31(45)46)16-22-2-6-24(7-3-22)25-8-10-27(11-9-25)34(36,37)38;/h2-15,17,21H,16,18-20H2,1H3,(H,39,40)(H,45,46);/q;+1/p-1. The molecule has 0 aliphatic rings. The van der Waals surface area contributed by atoms with Crippen LogP contribution in [0.25, 0.3) is 11.1 Å². The molecular formula is C34H28F4N5NaO4S. The van der Waals surface area contributed by atoms with Crippen LogP contribution in [0.3, 0.4) is 0 Å². The van der Waals surface area contributed by atoms with E-state index in [-0.39, 0.29) is 47.8 Å². The van der Waals surface area contributed by atoms with Crippen LogP contribution in [0.2, 0.25) is 0 Å². The van der Waals surface area contributed by atoms with Crippen molar-refractivity contribution in [3.63, 3.8) is 0 Å². The zero-order chi connectivity index (χ0) is 34.4. The molecule has 0 fully saturated rings. The minimum absolute atomic E-state index is 0. The predicted molar refractivity (Wildman–Crippen MR) is 168 cm³/mol. The molecule has 0 aliphatic heterocycles. The summed E-state index contributed by atoms with van der Waals surface area (Å²) < 4.78 is 53.8. The molecule has 248 valence electrons. The Morgan fingerprint density at radius 2 is 1.59 bits per heavy atom. The molecule has 1 N–H and O–H groups in total. The molecule has 0 saturated heterocycles. The van der Waals surface area contributed by atoms with Crippen LogP contribution in [-0.2, 0) is 34.6 Å². The molecule has 3 aromatic carbocycles. The summed E-state index contributed by atoms with van der Waals surface area (Å²) in [5.74, 6) is -2.59.